The quantitative estimate of drug-likeness (QED) is 0.0850. The lowest BCUT2D eigenvalue weighted by molar-refractivity contribution is -0.906. The van der Waals surface area contributed by atoms with Crippen LogP contribution in [0.3, 0.4) is 0 Å². The summed E-state index contributed by atoms with van der Waals surface area (Å²) in [6.45, 7) is 11.1. The summed E-state index contributed by atoms with van der Waals surface area (Å²) in [7, 11) is 2.62. The Labute approximate surface area is 401 Å². The summed E-state index contributed by atoms with van der Waals surface area (Å²) in [4.78, 5) is 93.7. The molecule has 68 heavy (non-hydrogen) atoms. The number of aliphatic carboxylic acids is 2. The van der Waals surface area contributed by atoms with Crippen LogP contribution in [0.4, 0.5) is 8.78 Å². The van der Waals surface area contributed by atoms with Crippen molar-refractivity contribution in [1.29, 1.82) is 0 Å². The van der Waals surface area contributed by atoms with Crippen LogP contribution in [0, 0.1) is 25.5 Å². The standard InChI is InChI=1S/2C22H28FN3O4S.C2H2O4/c2*1-16-20(31-15-24-16)8-11-25-12-9-22(10-13-25,21(28)29-3)26(17(2)27)30-14-18-6-4-5-7-19(18)23;3-1(4)2(5)6/h2*4-7,15H,8-14H2,1-3H3;(H,3,4)(H,5,6). The number of halogens is 2. The number of benzene rings is 2. The molecule has 2 aromatic carbocycles. The number of carbonyl (C=O) groups is 6. The maximum atomic E-state index is 14.0. The van der Waals surface area contributed by atoms with Crippen LogP contribution in [0.1, 0.15) is 71.8 Å². The molecule has 0 spiro atoms. The van der Waals surface area contributed by atoms with Gasteiger partial charge in [0, 0.05) is 73.3 Å². The van der Waals surface area contributed by atoms with Gasteiger partial charge in [-0.25, -0.2) is 38.5 Å². The van der Waals surface area contributed by atoms with Gasteiger partial charge in [0.1, 0.15) is 24.8 Å². The molecule has 2 amide bonds. The molecular formula is C46H58F2N6O12S2. The highest BCUT2D eigenvalue weighted by Gasteiger charge is 2.53. The number of quaternary nitrogens is 2. The first kappa shape index (κ1) is 54.8. The fraction of sp³-hybridized carbons (Fsp3) is 0.478. The van der Waals surface area contributed by atoms with Gasteiger partial charge in [-0.1, -0.05) is 36.4 Å². The van der Waals surface area contributed by atoms with Crippen LogP contribution in [0.5, 0.6) is 0 Å². The van der Waals surface area contributed by atoms with Gasteiger partial charge in [0.15, 0.2) is 11.1 Å². The Morgan fingerprint density at radius 2 is 0.971 bits per heavy atom. The Balaban J connectivity index is 0.000000265. The largest absolute Gasteiger partial charge is 0.543 e. The first-order valence-corrected chi connectivity index (χ1v) is 23.5. The molecule has 0 unspecified atom stereocenters. The molecule has 4 heterocycles. The molecule has 0 radical (unpaired) electrons. The molecule has 18 nitrogen and oxygen atoms in total. The van der Waals surface area contributed by atoms with Crippen molar-refractivity contribution in [3.63, 3.8) is 0 Å². The number of hydrogen-bond donors (Lipinski definition) is 2. The van der Waals surface area contributed by atoms with Crippen molar-refractivity contribution in [2.24, 2.45) is 0 Å². The van der Waals surface area contributed by atoms with Crippen LogP contribution in [-0.4, -0.2) is 120 Å². The molecule has 0 bridgehead atoms. The highest BCUT2D eigenvalue weighted by molar-refractivity contribution is 7.10. The zero-order chi connectivity index (χ0) is 50.0. The van der Waals surface area contributed by atoms with E-state index in [-0.39, 0.29) is 13.2 Å². The van der Waals surface area contributed by atoms with E-state index in [2.05, 4.69) is 9.97 Å². The molecule has 0 saturated carbocycles. The van der Waals surface area contributed by atoms with E-state index >= 15 is 0 Å². The van der Waals surface area contributed by atoms with Gasteiger partial charge < -0.3 is 39.1 Å². The molecule has 4 aromatic rings. The minimum Gasteiger partial charge on any atom is -0.543 e. The number of amides is 2. The van der Waals surface area contributed by atoms with Crippen molar-refractivity contribution in [3.8, 4) is 0 Å². The van der Waals surface area contributed by atoms with Gasteiger partial charge in [-0.2, -0.15) is 0 Å². The fourth-order valence-electron chi connectivity index (χ4n) is 8.14. The number of carboxylic acid groups (broad SMARTS) is 2. The summed E-state index contributed by atoms with van der Waals surface area (Å²) < 4.78 is 38.1. The number of ether oxygens (including phenoxy) is 2. The van der Waals surface area contributed by atoms with Gasteiger partial charge in [-0.3, -0.25) is 19.3 Å². The first-order valence-electron chi connectivity index (χ1n) is 21.8. The molecule has 370 valence electrons. The topological polar surface area (TPSA) is 227 Å². The van der Waals surface area contributed by atoms with E-state index < -0.39 is 58.4 Å². The second-order valence-electron chi connectivity index (χ2n) is 16.2. The Morgan fingerprint density at radius 3 is 1.24 bits per heavy atom. The number of aryl methyl sites for hydroxylation is 2. The fourth-order valence-corrected chi connectivity index (χ4v) is 9.70. The van der Waals surface area contributed by atoms with Crippen LogP contribution in [-0.2, 0) is 74.0 Å². The molecule has 2 aliphatic rings. The third-order valence-electron chi connectivity index (χ3n) is 11.9. The highest BCUT2D eigenvalue weighted by atomic mass is 32.1. The van der Waals surface area contributed by atoms with Crippen LogP contribution in [0.15, 0.2) is 59.6 Å². The molecule has 2 saturated heterocycles. The third kappa shape index (κ3) is 14.6. The molecule has 0 atom stereocenters. The van der Waals surface area contributed by atoms with E-state index in [1.807, 2.05) is 24.9 Å². The Bertz CT molecular complexity index is 2170. The first-order chi connectivity index (χ1) is 32.4. The molecule has 22 heteroatoms. The number of hydroxylamine groups is 4. The number of likely N-dealkylation sites (tertiary alicyclic amines) is 2. The second-order valence-corrected chi connectivity index (χ2v) is 18.1. The summed E-state index contributed by atoms with van der Waals surface area (Å²) >= 11 is 3.32. The minimum absolute atomic E-state index is 0.147. The van der Waals surface area contributed by atoms with E-state index in [0.29, 0.717) is 63.0 Å². The van der Waals surface area contributed by atoms with E-state index in [1.165, 1.54) is 59.8 Å². The van der Waals surface area contributed by atoms with Crippen LogP contribution >= 0.6 is 22.7 Å². The Morgan fingerprint density at radius 1 is 0.632 bits per heavy atom. The number of carbonyl (C=O) groups excluding carboxylic acids is 6. The number of thiazole rings is 2. The smallest absolute Gasteiger partial charge is 0.334 e. The van der Waals surface area contributed by atoms with Crippen LogP contribution in [0.25, 0.3) is 0 Å². The maximum absolute atomic E-state index is 14.0. The zero-order valence-corrected chi connectivity index (χ0v) is 40.6. The number of hydrogen-bond acceptors (Lipinski definition) is 16. The number of esters is 2. The molecular weight excluding hydrogens is 931 g/mol. The number of nitrogens with one attached hydrogen (secondary N) is 2. The van der Waals surface area contributed by atoms with E-state index in [4.69, 9.17) is 39.0 Å². The number of methoxy groups -OCH3 is 2. The van der Waals surface area contributed by atoms with Crippen molar-refractivity contribution in [2.45, 2.75) is 90.5 Å². The highest BCUT2D eigenvalue weighted by Crippen LogP contribution is 2.30. The average molecular weight is 989 g/mol. The lowest BCUT2D eigenvalue weighted by Gasteiger charge is -2.43. The van der Waals surface area contributed by atoms with Crippen molar-refractivity contribution in [2.75, 3.05) is 53.5 Å². The summed E-state index contributed by atoms with van der Waals surface area (Å²) in [6.07, 6.45) is 3.50. The maximum Gasteiger partial charge on any atom is 0.334 e. The van der Waals surface area contributed by atoms with Gasteiger partial charge in [0.05, 0.1) is 87.8 Å². The van der Waals surface area contributed by atoms with E-state index in [9.17, 15) is 28.0 Å². The number of piperidine rings is 2. The predicted octanol–water partition coefficient (Wildman–Crippen LogP) is -0.106. The molecule has 2 aromatic heterocycles. The average Bonchev–Trinajstić information content (AvgIpc) is 3.95. The van der Waals surface area contributed by atoms with Crippen molar-refractivity contribution in [3.05, 3.63) is 103 Å². The molecule has 6 rings (SSSR count). The molecule has 2 N–H and O–H groups in total. The normalized spacial score (nSPS) is 19.8. The van der Waals surface area contributed by atoms with Crippen molar-refractivity contribution < 1.29 is 76.7 Å². The van der Waals surface area contributed by atoms with Crippen LogP contribution < -0.4 is 20.0 Å². The third-order valence-corrected chi connectivity index (χ3v) is 13.9. The lowest BCUT2D eigenvalue weighted by atomic mass is 9.86. The summed E-state index contributed by atoms with van der Waals surface area (Å²) in [5, 5.41) is 20.1. The second kappa shape index (κ2) is 26.1. The van der Waals surface area contributed by atoms with Gasteiger partial charge in [-0.15, -0.1) is 22.7 Å². The van der Waals surface area contributed by atoms with Crippen molar-refractivity contribution in [1.82, 2.24) is 20.1 Å². The molecule has 2 fully saturated rings. The predicted molar refractivity (Wildman–Crippen MR) is 238 cm³/mol. The lowest BCUT2D eigenvalue weighted by Crippen LogP contribution is -3.14. The zero-order valence-electron chi connectivity index (χ0n) is 38.9. The van der Waals surface area contributed by atoms with Crippen molar-refractivity contribution >= 4 is 58.4 Å². The summed E-state index contributed by atoms with van der Waals surface area (Å²) in [5.74, 6) is -7.05. The van der Waals surface area contributed by atoms with Gasteiger partial charge in [0.25, 0.3) is 0 Å². The van der Waals surface area contributed by atoms with E-state index in [1.54, 1.807) is 59.1 Å². The number of rotatable bonds is 16. The van der Waals surface area contributed by atoms with E-state index in [0.717, 1.165) is 47.4 Å². The van der Waals surface area contributed by atoms with Crippen LogP contribution in [0.2, 0.25) is 0 Å². The van der Waals surface area contributed by atoms with Gasteiger partial charge in [0.2, 0.25) is 11.8 Å². The van der Waals surface area contributed by atoms with Gasteiger partial charge >= 0.3 is 11.9 Å². The summed E-state index contributed by atoms with van der Waals surface area (Å²) in [6, 6.07) is 12.4. The number of aromatic nitrogens is 2. The Hall–Kier alpha value is -5.78. The minimum atomic E-state index is -2.19. The SMILES string of the molecule is COC(=O)C1(N(OCc2ccccc2F)C(C)=O)CC[NH+](CCc2scnc2C)CC1.COC(=O)C1(N(OCc2ccccc2F)C(C)=O)CC[NH+](CCc2scnc2C)CC1.O=C([O-])C(=O)[O-]. The molecule has 0 aliphatic carbocycles. The number of carboxylic acids is 2. The summed E-state index contributed by atoms with van der Waals surface area (Å²) in [5.41, 5.74) is 4.05. The Kier molecular flexibility index (Phi) is 21.0. The monoisotopic (exact) mass is 988 g/mol. The number of nitrogens with zero attached hydrogens (tertiary/aromatic N) is 4. The molecule has 2 aliphatic heterocycles. The van der Waals surface area contributed by atoms with Gasteiger partial charge in [-0.05, 0) is 26.0 Å².